The summed E-state index contributed by atoms with van der Waals surface area (Å²) in [4.78, 5) is 2.24. The minimum absolute atomic E-state index is 0.360. The van der Waals surface area contributed by atoms with Gasteiger partial charge < -0.3 is 19.1 Å². The van der Waals surface area contributed by atoms with E-state index < -0.39 is 0 Å². The Morgan fingerprint density at radius 1 is 0.821 bits per heavy atom. The van der Waals surface area contributed by atoms with E-state index >= 15 is 0 Å². The third-order valence-corrected chi connectivity index (χ3v) is 4.27. The van der Waals surface area contributed by atoms with Crippen molar-refractivity contribution in [3.05, 3.63) is 47.5 Å². The van der Waals surface area contributed by atoms with Gasteiger partial charge in [-0.3, -0.25) is 0 Å². The number of rotatable bonds is 1. The van der Waals surface area contributed by atoms with E-state index in [4.69, 9.17) is 14.2 Å². The monoisotopic (exact) mass is 387 g/mol. The molecule has 0 unspecified atom stereocenters. The largest absolute Gasteiger partial charge is 0.490 e. The summed E-state index contributed by atoms with van der Waals surface area (Å²) in [5.41, 5.74) is 3.75. The minimum atomic E-state index is 0.360. The number of hydrogen-bond acceptors (Lipinski definition) is 4. The van der Waals surface area contributed by atoms with E-state index in [-0.39, 0.29) is 0 Å². The highest BCUT2D eigenvalue weighted by molar-refractivity contribution is 5.60. The Labute approximate surface area is 171 Å². The molecular weight excluding hydrogens is 350 g/mol. The molecule has 0 saturated heterocycles. The first-order valence-corrected chi connectivity index (χ1v) is 10.4. The highest BCUT2D eigenvalue weighted by Crippen LogP contribution is 2.33. The molecule has 4 rings (SSSR count). The van der Waals surface area contributed by atoms with Gasteiger partial charge in [0, 0.05) is 7.05 Å². The summed E-state index contributed by atoms with van der Waals surface area (Å²) in [6, 6.07) is 12.4. The lowest BCUT2D eigenvalue weighted by Crippen LogP contribution is -2.28. The van der Waals surface area contributed by atoms with Gasteiger partial charge in [-0.15, -0.1) is 0 Å². The van der Waals surface area contributed by atoms with Gasteiger partial charge in [0.15, 0.2) is 11.5 Å². The van der Waals surface area contributed by atoms with Crippen molar-refractivity contribution < 1.29 is 14.2 Å². The van der Waals surface area contributed by atoms with Gasteiger partial charge in [0.2, 0.25) is 6.79 Å². The zero-order chi connectivity index (χ0) is 21.1. The second-order valence-electron chi connectivity index (χ2n) is 6.51. The summed E-state index contributed by atoms with van der Waals surface area (Å²) in [7, 11) is 2.11. The topological polar surface area (TPSA) is 30.9 Å². The maximum atomic E-state index is 5.64. The highest BCUT2D eigenvalue weighted by atomic mass is 16.7. The summed E-state index contributed by atoms with van der Waals surface area (Å²) < 4.78 is 15.9. The summed E-state index contributed by atoms with van der Waals surface area (Å²) in [5.74, 6) is 3.31. The van der Waals surface area contributed by atoms with Crippen molar-refractivity contribution in [3.63, 3.8) is 0 Å². The summed E-state index contributed by atoms with van der Waals surface area (Å²) in [6.07, 6.45) is 0. The normalized spacial score (nSPS) is 13.0. The number of ether oxygens (including phenoxy) is 3. The molecule has 2 aliphatic heterocycles. The Bertz CT molecular complexity index is 713. The Balaban J connectivity index is 0.000000246. The van der Waals surface area contributed by atoms with Crippen LogP contribution in [-0.4, -0.2) is 27.0 Å². The molecule has 0 aliphatic carbocycles. The number of anilines is 1. The number of benzene rings is 2. The average Bonchev–Trinajstić information content (AvgIpc) is 3.19. The number of aryl methyl sites for hydroxylation is 1. The molecule has 0 atom stereocenters. The van der Waals surface area contributed by atoms with Crippen molar-refractivity contribution >= 4 is 5.69 Å². The molecule has 2 heterocycles. The van der Waals surface area contributed by atoms with Gasteiger partial charge in [0.25, 0.3) is 0 Å². The van der Waals surface area contributed by atoms with E-state index in [1.807, 2.05) is 52.8 Å². The summed E-state index contributed by atoms with van der Waals surface area (Å²) in [5, 5.41) is 0. The molecule has 0 bridgehead atoms. The van der Waals surface area contributed by atoms with Crippen LogP contribution >= 0.6 is 0 Å². The molecule has 0 N–H and O–H groups in total. The SMILES string of the molecule is CC.CC.CC(C)c1ccc2c(c1)OCCN2C.Cc1ccc2c(c1)OCO2. The molecule has 0 saturated carbocycles. The molecule has 2 aromatic carbocycles. The molecule has 2 aliphatic rings. The van der Waals surface area contributed by atoms with Gasteiger partial charge in [0.1, 0.15) is 12.4 Å². The van der Waals surface area contributed by atoms with Crippen LogP contribution in [0.4, 0.5) is 5.69 Å². The second kappa shape index (κ2) is 12.2. The van der Waals surface area contributed by atoms with E-state index in [2.05, 4.69) is 44.0 Å². The van der Waals surface area contributed by atoms with Crippen LogP contribution in [0.15, 0.2) is 36.4 Å². The molecule has 0 aromatic heterocycles. The predicted octanol–water partition coefficient (Wildman–Crippen LogP) is 6.41. The van der Waals surface area contributed by atoms with Crippen LogP contribution in [0.2, 0.25) is 0 Å². The van der Waals surface area contributed by atoms with Crippen LogP contribution in [0, 0.1) is 6.92 Å². The molecule has 0 spiro atoms. The van der Waals surface area contributed by atoms with E-state index in [1.54, 1.807) is 0 Å². The standard InChI is InChI=1S/C12H17NO.C8H8O2.2C2H6/c1-9(2)10-4-5-11-12(8-10)14-7-6-13(11)3;1-6-2-3-7-8(4-6)10-5-9-7;2*1-2/h4-5,8-9H,6-7H2,1-3H3;2-4H,5H2,1H3;2*1-2H3. The average molecular weight is 388 g/mol. The molecule has 0 radical (unpaired) electrons. The Hall–Kier alpha value is -2.36. The van der Waals surface area contributed by atoms with E-state index in [0.29, 0.717) is 12.7 Å². The van der Waals surface area contributed by atoms with Crippen molar-refractivity contribution in [2.45, 2.75) is 54.4 Å². The Morgan fingerprint density at radius 3 is 2.18 bits per heavy atom. The van der Waals surface area contributed by atoms with Crippen molar-refractivity contribution in [3.8, 4) is 17.2 Å². The Morgan fingerprint density at radius 2 is 1.50 bits per heavy atom. The Kier molecular flexibility index (Phi) is 10.3. The van der Waals surface area contributed by atoms with Gasteiger partial charge in [0.05, 0.1) is 12.2 Å². The molecule has 2 aromatic rings. The molecule has 28 heavy (non-hydrogen) atoms. The lowest BCUT2D eigenvalue weighted by Gasteiger charge is -2.28. The third kappa shape index (κ3) is 6.36. The van der Waals surface area contributed by atoms with Crippen LogP contribution in [0.3, 0.4) is 0 Å². The van der Waals surface area contributed by atoms with Crippen LogP contribution in [0.1, 0.15) is 58.6 Å². The van der Waals surface area contributed by atoms with E-state index in [1.165, 1.54) is 16.8 Å². The number of hydrogen-bond donors (Lipinski definition) is 0. The predicted molar refractivity (Wildman–Crippen MR) is 119 cm³/mol. The molecule has 4 heteroatoms. The van der Waals surface area contributed by atoms with Crippen molar-refractivity contribution in [2.75, 3.05) is 31.9 Å². The molecule has 4 nitrogen and oxygen atoms in total. The zero-order valence-electron chi connectivity index (χ0n) is 18.8. The smallest absolute Gasteiger partial charge is 0.231 e. The van der Waals surface area contributed by atoms with E-state index in [9.17, 15) is 0 Å². The maximum absolute atomic E-state index is 5.64. The van der Waals surface area contributed by atoms with Crippen molar-refractivity contribution in [1.82, 2.24) is 0 Å². The van der Waals surface area contributed by atoms with Crippen LogP contribution in [0.5, 0.6) is 17.2 Å². The molecule has 0 amide bonds. The first kappa shape index (κ1) is 23.7. The zero-order valence-corrected chi connectivity index (χ0v) is 18.8. The van der Waals surface area contributed by atoms with Gasteiger partial charge in [-0.2, -0.15) is 0 Å². The fourth-order valence-electron chi connectivity index (χ4n) is 2.74. The lowest BCUT2D eigenvalue weighted by molar-refractivity contribution is 0.174. The highest BCUT2D eigenvalue weighted by Gasteiger charge is 2.15. The van der Waals surface area contributed by atoms with Gasteiger partial charge >= 0.3 is 0 Å². The lowest BCUT2D eigenvalue weighted by atomic mass is 10.0. The summed E-state index contributed by atoms with van der Waals surface area (Å²) >= 11 is 0. The first-order chi connectivity index (χ1) is 13.5. The van der Waals surface area contributed by atoms with Crippen LogP contribution in [-0.2, 0) is 0 Å². The number of fused-ring (bicyclic) bond motifs is 2. The van der Waals surface area contributed by atoms with Crippen LogP contribution in [0.25, 0.3) is 0 Å². The molecule has 0 fully saturated rings. The molecule has 156 valence electrons. The fraction of sp³-hybridized carbons (Fsp3) is 0.500. The molecular formula is C24H37NO3. The van der Waals surface area contributed by atoms with Crippen LogP contribution < -0.4 is 19.1 Å². The number of nitrogens with zero attached hydrogens (tertiary/aromatic N) is 1. The fourth-order valence-corrected chi connectivity index (χ4v) is 2.74. The minimum Gasteiger partial charge on any atom is -0.490 e. The first-order valence-electron chi connectivity index (χ1n) is 10.4. The van der Waals surface area contributed by atoms with Gasteiger partial charge in [-0.1, -0.05) is 53.7 Å². The quantitative estimate of drug-likeness (QED) is 0.565. The van der Waals surface area contributed by atoms with Crippen molar-refractivity contribution in [1.29, 1.82) is 0 Å². The second-order valence-corrected chi connectivity index (χ2v) is 6.51. The van der Waals surface area contributed by atoms with Gasteiger partial charge in [-0.25, -0.2) is 0 Å². The van der Waals surface area contributed by atoms with E-state index in [0.717, 1.165) is 30.4 Å². The third-order valence-electron chi connectivity index (χ3n) is 4.27. The summed E-state index contributed by atoms with van der Waals surface area (Å²) in [6.45, 7) is 16.6. The maximum Gasteiger partial charge on any atom is 0.231 e. The van der Waals surface area contributed by atoms with Gasteiger partial charge in [-0.05, 0) is 48.2 Å². The van der Waals surface area contributed by atoms with Crippen molar-refractivity contribution in [2.24, 2.45) is 0 Å². The number of likely N-dealkylation sites (N-methyl/N-ethyl adjacent to an activating group) is 1.